The Hall–Kier alpha value is -2.49. The minimum Gasteiger partial charge on any atom is -0.399 e. The summed E-state index contributed by atoms with van der Waals surface area (Å²) in [5, 5.41) is 0. The first-order valence-electron chi connectivity index (χ1n) is 5.21. The van der Waals surface area contributed by atoms with Crippen molar-refractivity contribution in [3.8, 4) is 0 Å². The second-order valence-electron chi connectivity index (χ2n) is 3.71. The van der Waals surface area contributed by atoms with Crippen LogP contribution in [0.1, 0.15) is 5.56 Å². The normalized spacial score (nSPS) is 11.4. The molecule has 0 bridgehead atoms. The second-order valence-corrected chi connectivity index (χ2v) is 3.71. The van der Waals surface area contributed by atoms with Crippen LogP contribution in [0.15, 0.2) is 53.5 Å². The van der Waals surface area contributed by atoms with Crippen molar-refractivity contribution in [2.24, 2.45) is 10.7 Å². The van der Waals surface area contributed by atoms with Crippen LogP contribution in [0.3, 0.4) is 0 Å². The fraction of sp³-hybridized carbons (Fsp3) is 0. The number of aliphatic imine (C=N–C) groups is 1. The Balaban J connectivity index is 2.27. The topological polar surface area (TPSA) is 90.4 Å². The predicted octanol–water partition coefficient (Wildman–Crippen LogP) is 1.89. The van der Waals surface area contributed by atoms with Gasteiger partial charge in [-0.05, 0) is 48.5 Å². The first-order chi connectivity index (χ1) is 8.15. The number of hydrogen-bond acceptors (Lipinski definition) is 3. The Morgan fingerprint density at radius 2 is 1.24 bits per heavy atom. The van der Waals surface area contributed by atoms with Crippen LogP contribution in [-0.2, 0) is 0 Å². The zero-order valence-corrected chi connectivity index (χ0v) is 9.30. The highest BCUT2D eigenvalue weighted by molar-refractivity contribution is 5.99. The molecule has 86 valence electrons. The first kappa shape index (κ1) is 11.0. The molecule has 0 aliphatic heterocycles. The van der Waals surface area contributed by atoms with Crippen molar-refractivity contribution in [3.63, 3.8) is 0 Å². The van der Waals surface area contributed by atoms with Crippen molar-refractivity contribution in [1.82, 2.24) is 0 Å². The van der Waals surface area contributed by atoms with E-state index in [0.29, 0.717) is 17.2 Å². The molecule has 6 N–H and O–H groups in total. The van der Waals surface area contributed by atoms with Gasteiger partial charge in [-0.3, -0.25) is 0 Å². The molecule has 0 saturated heterocycles. The van der Waals surface area contributed by atoms with Gasteiger partial charge in [0.15, 0.2) is 0 Å². The van der Waals surface area contributed by atoms with Crippen molar-refractivity contribution in [2.45, 2.75) is 0 Å². The van der Waals surface area contributed by atoms with Crippen molar-refractivity contribution in [3.05, 3.63) is 54.1 Å². The fourth-order valence-corrected chi connectivity index (χ4v) is 1.41. The maximum atomic E-state index is 5.89. The molecule has 0 atom stereocenters. The molecule has 0 amide bonds. The van der Waals surface area contributed by atoms with Crippen LogP contribution in [0.25, 0.3) is 0 Å². The molecule has 0 spiro atoms. The maximum Gasteiger partial charge on any atom is 0.131 e. The Bertz CT molecular complexity index is 526. The SMILES string of the molecule is NC(=Nc1ccc(N)cc1)c1ccc(N)cc1. The predicted molar refractivity (Wildman–Crippen MR) is 72.1 cm³/mol. The molecule has 0 unspecified atom stereocenters. The van der Waals surface area contributed by atoms with Gasteiger partial charge in [-0.2, -0.15) is 0 Å². The second kappa shape index (κ2) is 4.57. The number of nitrogens with two attached hydrogens (primary N) is 3. The van der Waals surface area contributed by atoms with E-state index in [2.05, 4.69) is 4.99 Å². The van der Waals surface area contributed by atoms with Crippen LogP contribution < -0.4 is 17.2 Å². The third-order valence-electron chi connectivity index (χ3n) is 2.35. The standard InChI is InChI=1S/C13H14N4/c14-10-3-1-9(2-4-10)13(16)17-12-7-5-11(15)6-8-12/h1-8H,14-15H2,(H2,16,17). The average Bonchev–Trinajstić information content (AvgIpc) is 2.33. The minimum absolute atomic E-state index is 0.453. The lowest BCUT2D eigenvalue weighted by Gasteiger charge is -2.02. The third kappa shape index (κ3) is 2.75. The molecule has 2 aromatic carbocycles. The van der Waals surface area contributed by atoms with Gasteiger partial charge in [-0.1, -0.05) is 0 Å². The molecule has 17 heavy (non-hydrogen) atoms. The summed E-state index contributed by atoms with van der Waals surface area (Å²) in [6.45, 7) is 0. The number of benzene rings is 2. The lowest BCUT2D eigenvalue weighted by atomic mass is 10.2. The van der Waals surface area contributed by atoms with Gasteiger partial charge in [-0.15, -0.1) is 0 Å². The van der Waals surface area contributed by atoms with Crippen LogP contribution in [0, 0.1) is 0 Å². The van der Waals surface area contributed by atoms with E-state index in [-0.39, 0.29) is 0 Å². The Morgan fingerprint density at radius 1 is 0.765 bits per heavy atom. The molecular weight excluding hydrogens is 212 g/mol. The summed E-state index contributed by atoms with van der Waals surface area (Å²) in [4.78, 5) is 4.30. The van der Waals surface area contributed by atoms with Gasteiger partial charge < -0.3 is 17.2 Å². The number of rotatable bonds is 2. The van der Waals surface area contributed by atoms with E-state index in [9.17, 15) is 0 Å². The van der Waals surface area contributed by atoms with Gasteiger partial charge in [0.1, 0.15) is 5.84 Å². The van der Waals surface area contributed by atoms with Crippen LogP contribution in [0.2, 0.25) is 0 Å². The van der Waals surface area contributed by atoms with E-state index in [4.69, 9.17) is 17.2 Å². The van der Waals surface area contributed by atoms with Crippen molar-refractivity contribution in [2.75, 3.05) is 11.5 Å². The summed E-state index contributed by atoms with van der Waals surface area (Å²) in [6.07, 6.45) is 0. The van der Waals surface area contributed by atoms with Gasteiger partial charge in [0.05, 0.1) is 5.69 Å². The van der Waals surface area contributed by atoms with Crippen LogP contribution in [0.4, 0.5) is 17.1 Å². The summed E-state index contributed by atoms with van der Waals surface area (Å²) >= 11 is 0. The molecule has 0 saturated carbocycles. The summed E-state index contributed by atoms with van der Waals surface area (Å²) < 4.78 is 0. The first-order valence-corrected chi connectivity index (χ1v) is 5.21. The zero-order chi connectivity index (χ0) is 12.3. The lowest BCUT2D eigenvalue weighted by Crippen LogP contribution is -2.12. The van der Waals surface area contributed by atoms with Crippen LogP contribution in [0.5, 0.6) is 0 Å². The van der Waals surface area contributed by atoms with Crippen molar-refractivity contribution < 1.29 is 0 Å². The van der Waals surface area contributed by atoms with E-state index in [1.165, 1.54) is 0 Å². The van der Waals surface area contributed by atoms with Gasteiger partial charge in [0.2, 0.25) is 0 Å². The average molecular weight is 226 g/mol. The van der Waals surface area contributed by atoms with Crippen LogP contribution >= 0.6 is 0 Å². The molecule has 0 aromatic heterocycles. The van der Waals surface area contributed by atoms with Gasteiger partial charge in [0, 0.05) is 16.9 Å². The number of nitrogens with zero attached hydrogens (tertiary/aromatic N) is 1. The van der Waals surface area contributed by atoms with Crippen molar-refractivity contribution >= 4 is 22.9 Å². The lowest BCUT2D eigenvalue weighted by molar-refractivity contribution is 1.45. The molecule has 2 aromatic rings. The highest BCUT2D eigenvalue weighted by Gasteiger charge is 1.98. The molecule has 0 aliphatic carbocycles. The number of nitrogen functional groups attached to an aromatic ring is 2. The largest absolute Gasteiger partial charge is 0.399 e. The van der Waals surface area contributed by atoms with E-state index in [1.807, 2.05) is 24.3 Å². The van der Waals surface area contributed by atoms with Gasteiger partial charge >= 0.3 is 0 Å². The van der Waals surface area contributed by atoms with Gasteiger partial charge in [0.25, 0.3) is 0 Å². The summed E-state index contributed by atoms with van der Waals surface area (Å²) in [6, 6.07) is 14.5. The minimum atomic E-state index is 0.453. The molecule has 0 fully saturated rings. The number of anilines is 2. The Kier molecular flexibility index (Phi) is 2.96. The molecule has 4 heteroatoms. The zero-order valence-electron chi connectivity index (χ0n) is 9.30. The monoisotopic (exact) mass is 226 g/mol. The summed E-state index contributed by atoms with van der Waals surface area (Å²) in [5.74, 6) is 0.453. The molecule has 0 radical (unpaired) electrons. The molecule has 0 aliphatic rings. The van der Waals surface area contributed by atoms with E-state index < -0.39 is 0 Å². The van der Waals surface area contributed by atoms with E-state index in [0.717, 1.165) is 11.3 Å². The summed E-state index contributed by atoms with van der Waals surface area (Å²) in [5.41, 5.74) is 20.1. The van der Waals surface area contributed by atoms with Crippen molar-refractivity contribution in [1.29, 1.82) is 0 Å². The highest BCUT2D eigenvalue weighted by Crippen LogP contribution is 2.15. The quantitative estimate of drug-likeness (QED) is 0.415. The Morgan fingerprint density at radius 3 is 1.76 bits per heavy atom. The number of hydrogen-bond donors (Lipinski definition) is 3. The smallest absolute Gasteiger partial charge is 0.131 e. The van der Waals surface area contributed by atoms with E-state index in [1.54, 1.807) is 24.3 Å². The van der Waals surface area contributed by atoms with E-state index >= 15 is 0 Å². The molecule has 4 nitrogen and oxygen atoms in total. The van der Waals surface area contributed by atoms with Crippen LogP contribution in [-0.4, -0.2) is 5.84 Å². The molecule has 0 heterocycles. The maximum absolute atomic E-state index is 5.89. The molecule has 2 rings (SSSR count). The number of amidine groups is 1. The van der Waals surface area contributed by atoms with Gasteiger partial charge in [-0.25, -0.2) is 4.99 Å². The summed E-state index contributed by atoms with van der Waals surface area (Å²) in [7, 11) is 0. The highest BCUT2D eigenvalue weighted by atomic mass is 14.9. The third-order valence-corrected chi connectivity index (χ3v) is 2.35. The Labute approximate surface area is 99.8 Å². The molecular formula is C13H14N4. The fourth-order valence-electron chi connectivity index (χ4n) is 1.41.